The van der Waals surface area contributed by atoms with E-state index in [0.29, 0.717) is 6.04 Å². The minimum absolute atomic E-state index is 0.0353. The average molecular weight is 163 g/mol. The van der Waals surface area contributed by atoms with Crippen molar-refractivity contribution in [2.24, 2.45) is 0 Å². The van der Waals surface area contributed by atoms with Gasteiger partial charge >= 0.3 is 0 Å². The largest absolute Gasteiger partial charge is 0.338 e. The van der Waals surface area contributed by atoms with E-state index in [1.165, 1.54) is 0 Å². The Kier molecular flexibility index (Phi) is 2.51. The molecule has 4 heteroatoms. The first-order valence-corrected chi connectivity index (χ1v) is 3.82. The molecule has 0 aromatic carbocycles. The number of likely N-dealkylation sites (tertiary alicyclic amines) is 1. The first-order chi connectivity index (χ1) is 4.77. The van der Waals surface area contributed by atoms with Crippen molar-refractivity contribution in [3.05, 3.63) is 0 Å². The van der Waals surface area contributed by atoms with Crippen molar-refractivity contribution in [1.82, 2.24) is 10.2 Å². The number of hydrogen-bond acceptors (Lipinski definition) is 2. The molecule has 0 unspecified atom stereocenters. The van der Waals surface area contributed by atoms with Gasteiger partial charge in [-0.3, -0.25) is 4.79 Å². The molecule has 1 aliphatic rings. The quantitative estimate of drug-likeness (QED) is 0.564. The maximum Gasteiger partial charge on any atom is 0.237 e. The van der Waals surface area contributed by atoms with Gasteiger partial charge in [0.2, 0.25) is 5.91 Å². The van der Waals surface area contributed by atoms with Crippen LogP contribution in [-0.2, 0) is 4.79 Å². The fraction of sp³-hybridized carbons (Fsp3) is 0.833. The Morgan fingerprint density at radius 2 is 2.40 bits per heavy atom. The van der Waals surface area contributed by atoms with Gasteiger partial charge in [0.25, 0.3) is 0 Å². The second-order valence-corrected chi connectivity index (χ2v) is 2.69. The van der Waals surface area contributed by atoms with Crippen LogP contribution in [0.25, 0.3) is 0 Å². The predicted octanol–water partition coefficient (Wildman–Crippen LogP) is -0.345. The number of rotatable bonds is 2. The Morgan fingerprint density at radius 3 is 2.80 bits per heavy atom. The number of hydrogen-bond donors (Lipinski definition) is 1. The summed E-state index contributed by atoms with van der Waals surface area (Å²) in [6, 6.07) is 0.479. The van der Waals surface area contributed by atoms with Crippen molar-refractivity contribution < 1.29 is 4.79 Å². The normalized spacial score (nSPS) is 18.8. The summed E-state index contributed by atoms with van der Waals surface area (Å²) in [5, 5.41) is 3.07. The van der Waals surface area contributed by atoms with E-state index in [1.807, 2.05) is 7.05 Å². The molecular formula is C6H11ClN2O. The second-order valence-electron chi connectivity index (χ2n) is 2.42. The number of halogens is 1. The maximum atomic E-state index is 10.8. The number of alkyl halides is 1. The van der Waals surface area contributed by atoms with E-state index in [1.54, 1.807) is 4.90 Å². The highest BCUT2D eigenvalue weighted by atomic mass is 35.5. The minimum Gasteiger partial charge on any atom is -0.338 e. The van der Waals surface area contributed by atoms with Crippen molar-refractivity contribution in [2.45, 2.75) is 6.04 Å². The Bertz CT molecular complexity index is 134. The molecule has 0 aromatic heterocycles. The van der Waals surface area contributed by atoms with Crippen LogP contribution in [0.4, 0.5) is 0 Å². The number of carbonyl (C=O) groups excluding carboxylic acids is 1. The van der Waals surface area contributed by atoms with Crippen LogP contribution in [0.15, 0.2) is 0 Å². The van der Waals surface area contributed by atoms with Crippen molar-refractivity contribution in [3.63, 3.8) is 0 Å². The molecule has 0 saturated carbocycles. The van der Waals surface area contributed by atoms with Crippen LogP contribution in [0, 0.1) is 0 Å². The van der Waals surface area contributed by atoms with Crippen LogP contribution >= 0.6 is 11.6 Å². The van der Waals surface area contributed by atoms with Crippen molar-refractivity contribution in [2.75, 3.05) is 26.0 Å². The van der Waals surface area contributed by atoms with E-state index < -0.39 is 0 Å². The summed E-state index contributed by atoms with van der Waals surface area (Å²) in [5.41, 5.74) is 0. The monoisotopic (exact) mass is 162 g/mol. The van der Waals surface area contributed by atoms with E-state index in [-0.39, 0.29) is 11.8 Å². The lowest BCUT2D eigenvalue weighted by Gasteiger charge is -2.38. The lowest BCUT2D eigenvalue weighted by Crippen LogP contribution is -2.59. The first kappa shape index (κ1) is 7.82. The van der Waals surface area contributed by atoms with Gasteiger partial charge in [-0.1, -0.05) is 0 Å². The third-order valence-electron chi connectivity index (χ3n) is 1.76. The summed E-state index contributed by atoms with van der Waals surface area (Å²) in [7, 11) is 1.90. The minimum atomic E-state index is 0.0353. The SMILES string of the molecule is CNC1CN(C(=O)CCl)C1. The van der Waals surface area contributed by atoms with Gasteiger partial charge in [-0.25, -0.2) is 0 Å². The number of carbonyl (C=O) groups is 1. The van der Waals surface area contributed by atoms with Gasteiger partial charge < -0.3 is 10.2 Å². The summed E-state index contributed by atoms with van der Waals surface area (Å²) in [6.07, 6.45) is 0. The molecule has 0 radical (unpaired) electrons. The van der Waals surface area contributed by atoms with Gasteiger partial charge in [-0.05, 0) is 7.05 Å². The molecule has 3 nitrogen and oxygen atoms in total. The van der Waals surface area contributed by atoms with Crippen LogP contribution < -0.4 is 5.32 Å². The fourth-order valence-corrected chi connectivity index (χ4v) is 1.12. The molecule has 1 heterocycles. The summed E-state index contributed by atoms with van der Waals surface area (Å²) < 4.78 is 0. The number of likely N-dealkylation sites (N-methyl/N-ethyl adjacent to an activating group) is 1. The predicted molar refractivity (Wildman–Crippen MR) is 40.1 cm³/mol. The smallest absolute Gasteiger partial charge is 0.237 e. The van der Waals surface area contributed by atoms with E-state index >= 15 is 0 Å². The van der Waals surface area contributed by atoms with Crippen LogP contribution in [0.3, 0.4) is 0 Å². The Balaban J connectivity index is 2.19. The second kappa shape index (κ2) is 3.21. The Morgan fingerprint density at radius 1 is 1.80 bits per heavy atom. The molecule has 0 spiro atoms. The van der Waals surface area contributed by atoms with Gasteiger partial charge in [0, 0.05) is 19.1 Å². The van der Waals surface area contributed by atoms with Crippen LogP contribution in [0.2, 0.25) is 0 Å². The third-order valence-corrected chi connectivity index (χ3v) is 1.99. The number of nitrogens with zero attached hydrogens (tertiary/aromatic N) is 1. The molecule has 10 heavy (non-hydrogen) atoms. The zero-order chi connectivity index (χ0) is 7.56. The maximum absolute atomic E-state index is 10.8. The van der Waals surface area contributed by atoms with Crippen molar-refractivity contribution in [3.8, 4) is 0 Å². The molecule has 0 bridgehead atoms. The summed E-state index contributed by atoms with van der Waals surface area (Å²) >= 11 is 5.34. The Labute approximate surface area is 65.3 Å². The highest BCUT2D eigenvalue weighted by Gasteiger charge is 2.28. The van der Waals surface area contributed by atoms with Gasteiger partial charge in [-0.15, -0.1) is 11.6 Å². The topological polar surface area (TPSA) is 32.3 Å². The molecule has 0 atom stereocenters. The molecule has 1 rings (SSSR count). The van der Waals surface area contributed by atoms with E-state index in [0.717, 1.165) is 13.1 Å². The van der Waals surface area contributed by atoms with Gasteiger partial charge in [0.1, 0.15) is 5.88 Å². The van der Waals surface area contributed by atoms with E-state index in [2.05, 4.69) is 5.32 Å². The summed E-state index contributed by atoms with van der Waals surface area (Å²) in [6.45, 7) is 1.62. The van der Waals surface area contributed by atoms with E-state index in [9.17, 15) is 4.79 Å². The molecule has 0 aliphatic carbocycles. The fourth-order valence-electron chi connectivity index (χ4n) is 0.949. The van der Waals surface area contributed by atoms with Crippen LogP contribution in [-0.4, -0.2) is 42.9 Å². The zero-order valence-corrected chi connectivity index (χ0v) is 6.69. The van der Waals surface area contributed by atoms with Crippen LogP contribution in [0.1, 0.15) is 0 Å². The van der Waals surface area contributed by atoms with Crippen LogP contribution in [0.5, 0.6) is 0 Å². The first-order valence-electron chi connectivity index (χ1n) is 3.29. The molecule has 1 N–H and O–H groups in total. The van der Waals surface area contributed by atoms with E-state index in [4.69, 9.17) is 11.6 Å². The Hall–Kier alpha value is -0.280. The van der Waals surface area contributed by atoms with Gasteiger partial charge in [0.15, 0.2) is 0 Å². The zero-order valence-electron chi connectivity index (χ0n) is 5.93. The molecule has 58 valence electrons. The highest BCUT2D eigenvalue weighted by Crippen LogP contribution is 2.07. The lowest BCUT2D eigenvalue weighted by molar-refractivity contribution is -0.133. The third kappa shape index (κ3) is 1.41. The highest BCUT2D eigenvalue weighted by molar-refractivity contribution is 6.27. The summed E-state index contributed by atoms with van der Waals surface area (Å²) in [4.78, 5) is 12.6. The van der Waals surface area contributed by atoms with Gasteiger partial charge in [-0.2, -0.15) is 0 Å². The average Bonchev–Trinajstić information content (AvgIpc) is 1.85. The van der Waals surface area contributed by atoms with Crippen molar-refractivity contribution >= 4 is 17.5 Å². The number of amides is 1. The molecule has 1 aliphatic heterocycles. The molecule has 0 aromatic rings. The number of nitrogens with one attached hydrogen (secondary N) is 1. The molecule has 1 fully saturated rings. The standard InChI is InChI=1S/C6H11ClN2O/c1-8-5-3-9(4-5)6(10)2-7/h5,8H,2-4H2,1H3. The molecule has 1 saturated heterocycles. The molecule has 1 amide bonds. The summed E-state index contributed by atoms with van der Waals surface area (Å²) in [5.74, 6) is 0.143. The molecular weight excluding hydrogens is 152 g/mol. The van der Waals surface area contributed by atoms with Gasteiger partial charge in [0.05, 0.1) is 0 Å². The van der Waals surface area contributed by atoms with Crippen molar-refractivity contribution in [1.29, 1.82) is 0 Å². The lowest BCUT2D eigenvalue weighted by atomic mass is 10.1.